The molecule has 2 aromatic carbocycles. The van der Waals surface area contributed by atoms with E-state index in [1.54, 1.807) is 31.2 Å². The SMILES string of the molecule is CCOc1cccc(C(C)NS(=O)(=O)c2ccc(OC(F)F)c(Cl)c2)c1. The van der Waals surface area contributed by atoms with Crippen LogP contribution in [0.25, 0.3) is 0 Å². The first-order chi connectivity index (χ1) is 12.2. The van der Waals surface area contributed by atoms with Crippen molar-refractivity contribution in [1.29, 1.82) is 0 Å². The zero-order chi connectivity index (χ0) is 19.3. The Kier molecular flexibility index (Phi) is 6.80. The molecular formula is C17H18ClF2NO4S. The summed E-state index contributed by atoms with van der Waals surface area (Å²) in [4.78, 5) is -0.156. The molecule has 0 amide bonds. The summed E-state index contributed by atoms with van der Waals surface area (Å²) in [5.74, 6) is 0.339. The molecule has 1 atom stereocenters. The number of sulfonamides is 1. The lowest BCUT2D eigenvalue weighted by Crippen LogP contribution is -2.27. The van der Waals surface area contributed by atoms with Crippen molar-refractivity contribution in [2.24, 2.45) is 0 Å². The van der Waals surface area contributed by atoms with Crippen LogP contribution in [-0.4, -0.2) is 21.6 Å². The summed E-state index contributed by atoms with van der Waals surface area (Å²) in [5, 5.41) is -0.223. The van der Waals surface area contributed by atoms with E-state index in [0.29, 0.717) is 17.9 Å². The Bertz CT molecular complexity index is 862. The fourth-order valence-electron chi connectivity index (χ4n) is 2.25. The van der Waals surface area contributed by atoms with Crippen LogP contribution in [0.5, 0.6) is 11.5 Å². The Morgan fingerprint density at radius 1 is 1.19 bits per heavy atom. The second kappa shape index (κ2) is 8.66. The first-order valence-corrected chi connectivity index (χ1v) is 9.58. The predicted octanol–water partition coefficient (Wildman–Crippen LogP) is 4.38. The largest absolute Gasteiger partial charge is 0.494 e. The topological polar surface area (TPSA) is 64.6 Å². The molecule has 0 aromatic heterocycles. The highest BCUT2D eigenvalue weighted by Gasteiger charge is 2.20. The molecule has 0 spiro atoms. The summed E-state index contributed by atoms with van der Waals surface area (Å²) >= 11 is 5.82. The predicted molar refractivity (Wildman–Crippen MR) is 94.4 cm³/mol. The van der Waals surface area contributed by atoms with Crippen LogP contribution in [0.4, 0.5) is 8.78 Å². The van der Waals surface area contributed by atoms with E-state index in [4.69, 9.17) is 16.3 Å². The summed E-state index contributed by atoms with van der Waals surface area (Å²) < 4.78 is 61.7. The van der Waals surface area contributed by atoms with Crippen LogP contribution in [0.2, 0.25) is 5.02 Å². The molecule has 0 radical (unpaired) electrons. The molecule has 142 valence electrons. The van der Waals surface area contributed by atoms with E-state index < -0.39 is 22.7 Å². The number of benzene rings is 2. The number of nitrogens with one attached hydrogen (secondary N) is 1. The third-order valence-electron chi connectivity index (χ3n) is 3.43. The van der Waals surface area contributed by atoms with Gasteiger partial charge >= 0.3 is 6.61 Å². The average molecular weight is 406 g/mol. The van der Waals surface area contributed by atoms with Gasteiger partial charge in [0.2, 0.25) is 10.0 Å². The molecule has 1 unspecified atom stereocenters. The smallest absolute Gasteiger partial charge is 0.387 e. The maximum absolute atomic E-state index is 12.5. The highest BCUT2D eigenvalue weighted by Crippen LogP contribution is 2.29. The first-order valence-electron chi connectivity index (χ1n) is 7.72. The minimum absolute atomic E-state index is 0.156. The van der Waals surface area contributed by atoms with Crippen LogP contribution in [0, 0.1) is 0 Å². The molecule has 0 saturated carbocycles. The van der Waals surface area contributed by atoms with Crippen LogP contribution in [0.1, 0.15) is 25.5 Å². The van der Waals surface area contributed by atoms with E-state index >= 15 is 0 Å². The van der Waals surface area contributed by atoms with Crippen LogP contribution >= 0.6 is 11.6 Å². The summed E-state index contributed by atoms with van der Waals surface area (Å²) in [6.45, 7) is 0.975. The van der Waals surface area contributed by atoms with Crippen molar-refractivity contribution in [3.8, 4) is 11.5 Å². The van der Waals surface area contributed by atoms with E-state index in [1.807, 2.05) is 6.92 Å². The Labute approximate surface area is 155 Å². The molecule has 9 heteroatoms. The number of hydrogen-bond acceptors (Lipinski definition) is 4. The van der Waals surface area contributed by atoms with E-state index in [0.717, 1.165) is 18.2 Å². The van der Waals surface area contributed by atoms with E-state index in [2.05, 4.69) is 9.46 Å². The van der Waals surface area contributed by atoms with Gasteiger partial charge < -0.3 is 9.47 Å². The molecule has 2 aromatic rings. The molecule has 26 heavy (non-hydrogen) atoms. The lowest BCUT2D eigenvalue weighted by atomic mass is 10.1. The summed E-state index contributed by atoms with van der Waals surface area (Å²) in [7, 11) is -3.92. The van der Waals surface area contributed by atoms with Crippen LogP contribution in [-0.2, 0) is 10.0 Å². The van der Waals surface area contributed by atoms with Crippen molar-refractivity contribution in [1.82, 2.24) is 4.72 Å². The van der Waals surface area contributed by atoms with Crippen LogP contribution < -0.4 is 14.2 Å². The number of rotatable bonds is 8. The van der Waals surface area contributed by atoms with Gasteiger partial charge in [-0.3, -0.25) is 0 Å². The van der Waals surface area contributed by atoms with E-state index in [1.165, 1.54) is 0 Å². The molecule has 0 saturated heterocycles. The Morgan fingerprint density at radius 3 is 2.54 bits per heavy atom. The summed E-state index contributed by atoms with van der Waals surface area (Å²) in [6.07, 6.45) is 0. The molecule has 2 rings (SSSR count). The number of ether oxygens (including phenoxy) is 2. The third kappa shape index (κ3) is 5.30. The van der Waals surface area contributed by atoms with E-state index in [-0.39, 0.29) is 15.7 Å². The van der Waals surface area contributed by atoms with E-state index in [9.17, 15) is 17.2 Å². The van der Waals surface area contributed by atoms with Gasteiger partial charge in [0.15, 0.2) is 0 Å². The second-order valence-electron chi connectivity index (χ2n) is 5.32. The van der Waals surface area contributed by atoms with Gasteiger partial charge in [0.05, 0.1) is 16.5 Å². The molecule has 0 heterocycles. The highest BCUT2D eigenvalue weighted by atomic mass is 35.5. The highest BCUT2D eigenvalue weighted by molar-refractivity contribution is 7.89. The zero-order valence-corrected chi connectivity index (χ0v) is 15.7. The fourth-order valence-corrected chi connectivity index (χ4v) is 3.80. The maximum atomic E-state index is 12.5. The maximum Gasteiger partial charge on any atom is 0.387 e. The summed E-state index contributed by atoms with van der Waals surface area (Å²) in [6, 6.07) is 9.79. The minimum atomic E-state index is -3.92. The molecule has 0 aliphatic heterocycles. The van der Waals surface area contributed by atoms with Gasteiger partial charge in [-0.2, -0.15) is 8.78 Å². The fraction of sp³-hybridized carbons (Fsp3) is 0.294. The number of alkyl halides is 2. The molecule has 0 aliphatic carbocycles. The first kappa shape index (κ1) is 20.4. The van der Waals surface area contributed by atoms with Crippen molar-refractivity contribution >= 4 is 21.6 Å². The number of hydrogen-bond donors (Lipinski definition) is 1. The Hall–Kier alpha value is -1.90. The second-order valence-corrected chi connectivity index (χ2v) is 7.44. The quantitative estimate of drug-likeness (QED) is 0.707. The van der Waals surface area contributed by atoms with Gasteiger partial charge in [-0.15, -0.1) is 0 Å². The van der Waals surface area contributed by atoms with Gasteiger partial charge in [0.25, 0.3) is 0 Å². The third-order valence-corrected chi connectivity index (χ3v) is 5.26. The molecule has 0 aliphatic rings. The van der Waals surface area contributed by atoms with Gasteiger partial charge in [0.1, 0.15) is 11.5 Å². The van der Waals surface area contributed by atoms with Gasteiger partial charge in [0, 0.05) is 6.04 Å². The zero-order valence-electron chi connectivity index (χ0n) is 14.1. The average Bonchev–Trinajstić information content (AvgIpc) is 2.56. The van der Waals surface area contributed by atoms with Crippen molar-refractivity contribution in [2.75, 3.05) is 6.61 Å². The molecule has 1 N–H and O–H groups in total. The van der Waals surface area contributed by atoms with Crippen molar-refractivity contribution in [2.45, 2.75) is 31.4 Å². The lowest BCUT2D eigenvalue weighted by Gasteiger charge is -2.16. The van der Waals surface area contributed by atoms with Gasteiger partial charge in [-0.1, -0.05) is 23.7 Å². The lowest BCUT2D eigenvalue weighted by molar-refractivity contribution is -0.0498. The monoisotopic (exact) mass is 405 g/mol. The molecule has 0 bridgehead atoms. The summed E-state index contributed by atoms with van der Waals surface area (Å²) in [5.41, 5.74) is 0.711. The number of halogens is 3. The van der Waals surface area contributed by atoms with Gasteiger partial charge in [-0.05, 0) is 49.7 Å². The van der Waals surface area contributed by atoms with Crippen LogP contribution in [0.15, 0.2) is 47.4 Å². The molecular weight excluding hydrogens is 388 g/mol. The molecule has 0 fully saturated rings. The molecule has 5 nitrogen and oxygen atoms in total. The standard InChI is InChI=1S/C17H18ClF2NO4S/c1-3-24-13-6-4-5-12(9-13)11(2)21-26(22,23)14-7-8-16(15(18)10-14)25-17(19)20/h4-11,17,21H,3H2,1-2H3. The van der Waals surface area contributed by atoms with Crippen LogP contribution in [0.3, 0.4) is 0 Å². The van der Waals surface area contributed by atoms with Crippen molar-refractivity contribution < 1.29 is 26.7 Å². The Balaban J connectivity index is 2.20. The van der Waals surface area contributed by atoms with Gasteiger partial charge in [-0.25, -0.2) is 13.1 Å². The Morgan fingerprint density at radius 2 is 1.92 bits per heavy atom. The minimum Gasteiger partial charge on any atom is -0.494 e. The van der Waals surface area contributed by atoms with Crippen molar-refractivity contribution in [3.63, 3.8) is 0 Å². The van der Waals surface area contributed by atoms with Crippen molar-refractivity contribution in [3.05, 3.63) is 53.1 Å². The normalized spacial score (nSPS) is 12.8.